The number of aliphatic carboxylic acids is 1. The van der Waals surface area contributed by atoms with Crippen molar-refractivity contribution in [2.75, 3.05) is 11.5 Å². The van der Waals surface area contributed by atoms with E-state index in [1.165, 1.54) is 0 Å². The van der Waals surface area contributed by atoms with E-state index in [4.69, 9.17) is 5.11 Å². The van der Waals surface area contributed by atoms with Crippen LogP contribution in [0.3, 0.4) is 0 Å². The maximum atomic E-state index is 12.0. The first kappa shape index (κ1) is 14.3. The van der Waals surface area contributed by atoms with E-state index in [1.807, 2.05) is 0 Å². The largest absolute Gasteiger partial charge is 0.481 e. The standard InChI is InChI=1S/C12H19NO5S/c1-12(2)8(9(12)11(15)16)10(14)13-7-3-5-19(17,18)6-4-7/h7-9H,3-6H2,1-2H3,(H,13,14)(H,15,16). The Morgan fingerprint density at radius 1 is 1.16 bits per heavy atom. The van der Waals surface area contributed by atoms with Gasteiger partial charge in [0.05, 0.1) is 23.3 Å². The first-order valence-electron chi connectivity index (χ1n) is 6.39. The van der Waals surface area contributed by atoms with Crippen LogP contribution in [0.2, 0.25) is 0 Å². The zero-order valence-electron chi connectivity index (χ0n) is 11.0. The van der Waals surface area contributed by atoms with E-state index < -0.39 is 33.1 Å². The molecule has 2 N–H and O–H groups in total. The Kier molecular flexibility index (Phi) is 3.36. The molecule has 1 heterocycles. The molecule has 2 aliphatic rings. The second kappa shape index (κ2) is 4.47. The van der Waals surface area contributed by atoms with Gasteiger partial charge in [0, 0.05) is 6.04 Å². The van der Waals surface area contributed by atoms with Crippen LogP contribution in [0.1, 0.15) is 26.7 Å². The van der Waals surface area contributed by atoms with Crippen LogP contribution in [0, 0.1) is 17.3 Å². The summed E-state index contributed by atoms with van der Waals surface area (Å²) >= 11 is 0. The normalized spacial score (nSPS) is 32.5. The molecule has 2 atom stereocenters. The predicted octanol–water partition coefficient (Wildman–Crippen LogP) is 0.0366. The number of carbonyl (C=O) groups is 2. The third-order valence-electron chi connectivity index (χ3n) is 4.28. The van der Waals surface area contributed by atoms with Crippen molar-refractivity contribution in [2.24, 2.45) is 17.3 Å². The smallest absolute Gasteiger partial charge is 0.307 e. The molecule has 19 heavy (non-hydrogen) atoms. The van der Waals surface area contributed by atoms with Crippen LogP contribution in [0.5, 0.6) is 0 Å². The zero-order chi connectivity index (χ0) is 14.4. The molecule has 2 fully saturated rings. The van der Waals surface area contributed by atoms with Gasteiger partial charge < -0.3 is 10.4 Å². The molecule has 0 aromatic carbocycles. The second-order valence-electron chi connectivity index (χ2n) is 6.05. The number of carboxylic acid groups (broad SMARTS) is 1. The fourth-order valence-electron chi connectivity index (χ4n) is 2.91. The van der Waals surface area contributed by atoms with Crippen molar-refractivity contribution < 1.29 is 23.1 Å². The van der Waals surface area contributed by atoms with Gasteiger partial charge in [-0.2, -0.15) is 0 Å². The Balaban J connectivity index is 1.92. The van der Waals surface area contributed by atoms with Gasteiger partial charge >= 0.3 is 5.97 Å². The topological polar surface area (TPSA) is 101 Å². The summed E-state index contributed by atoms with van der Waals surface area (Å²) in [5, 5.41) is 11.8. The van der Waals surface area contributed by atoms with Crippen molar-refractivity contribution in [1.29, 1.82) is 0 Å². The summed E-state index contributed by atoms with van der Waals surface area (Å²) in [5.41, 5.74) is -0.517. The van der Waals surface area contributed by atoms with Crippen LogP contribution >= 0.6 is 0 Å². The lowest BCUT2D eigenvalue weighted by molar-refractivity contribution is -0.140. The fraction of sp³-hybridized carbons (Fsp3) is 0.833. The molecule has 7 heteroatoms. The number of amides is 1. The maximum absolute atomic E-state index is 12.0. The Labute approximate surface area is 112 Å². The van der Waals surface area contributed by atoms with Crippen LogP contribution in [0.25, 0.3) is 0 Å². The summed E-state index contributed by atoms with van der Waals surface area (Å²) in [7, 11) is -2.95. The lowest BCUT2D eigenvalue weighted by Gasteiger charge is -2.23. The Morgan fingerprint density at radius 3 is 2.11 bits per heavy atom. The number of nitrogens with one attached hydrogen (secondary N) is 1. The number of carboxylic acids is 1. The highest BCUT2D eigenvalue weighted by atomic mass is 32.2. The summed E-state index contributed by atoms with van der Waals surface area (Å²) in [5.74, 6) is -2.18. The van der Waals surface area contributed by atoms with E-state index in [9.17, 15) is 18.0 Å². The monoisotopic (exact) mass is 289 g/mol. The van der Waals surface area contributed by atoms with E-state index in [-0.39, 0.29) is 23.5 Å². The Bertz CT molecular complexity index is 496. The molecule has 2 rings (SSSR count). The van der Waals surface area contributed by atoms with Crippen molar-refractivity contribution in [2.45, 2.75) is 32.7 Å². The quantitative estimate of drug-likeness (QED) is 0.764. The highest BCUT2D eigenvalue weighted by molar-refractivity contribution is 7.91. The van der Waals surface area contributed by atoms with Crippen molar-refractivity contribution in [3.8, 4) is 0 Å². The van der Waals surface area contributed by atoms with E-state index in [0.29, 0.717) is 12.8 Å². The maximum Gasteiger partial charge on any atom is 0.307 e. The second-order valence-corrected chi connectivity index (χ2v) is 8.35. The number of rotatable bonds is 3. The molecule has 0 radical (unpaired) electrons. The minimum absolute atomic E-state index is 0.0916. The van der Waals surface area contributed by atoms with Gasteiger partial charge in [0.25, 0.3) is 0 Å². The Morgan fingerprint density at radius 2 is 1.68 bits per heavy atom. The molecule has 1 aliphatic heterocycles. The van der Waals surface area contributed by atoms with E-state index in [0.717, 1.165) is 0 Å². The molecule has 0 spiro atoms. The molecule has 1 amide bonds. The van der Waals surface area contributed by atoms with Crippen LogP contribution in [-0.2, 0) is 19.4 Å². The summed E-state index contributed by atoms with van der Waals surface area (Å²) in [4.78, 5) is 23.1. The van der Waals surface area contributed by atoms with Gasteiger partial charge in [0.1, 0.15) is 9.84 Å². The fourth-order valence-corrected chi connectivity index (χ4v) is 4.40. The summed E-state index contributed by atoms with van der Waals surface area (Å²) < 4.78 is 22.6. The lowest BCUT2D eigenvalue weighted by Crippen LogP contribution is -2.42. The molecular weight excluding hydrogens is 270 g/mol. The van der Waals surface area contributed by atoms with Crippen LogP contribution in [0.15, 0.2) is 0 Å². The molecule has 0 aromatic heterocycles. The SMILES string of the molecule is CC1(C)C(C(=O)O)C1C(=O)NC1CCS(=O)(=O)CC1. The van der Waals surface area contributed by atoms with Gasteiger partial charge in [-0.1, -0.05) is 13.8 Å². The highest BCUT2D eigenvalue weighted by Crippen LogP contribution is 2.58. The van der Waals surface area contributed by atoms with Gasteiger partial charge in [-0.25, -0.2) is 8.42 Å². The van der Waals surface area contributed by atoms with Crippen molar-refractivity contribution in [3.05, 3.63) is 0 Å². The zero-order valence-corrected chi connectivity index (χ0v) is 11.9. The molecule has 6 nitrogen and oxygen atoms in total. The van der Waals surface area contributed by atoms with E-state index in [1.54, 1.807) is 13.8 Å². The highest BCUT2D eigenvalue weighted by Gasteiger charge is 2.66. The molecule has 0 bridgehead atoms. The van der Waals surface area contributed by atoms with Gasteiger partial charge in [0.15, 0.2) is 0 Å². The number of hydrogen-bond donors (Lipinski definition) is 2. The van der Waals surface area contributed by atoms with Crippen molar-refractivity contribution in [1.82, 2.24) is 5.32 Å². The van der Waals surface area contributed by atoms with Crippen LogP contribution in [0.4, 0.5) is 0 Å². The van der Waals surface area contributed by atoms with Gasteiger partial charge in [-0.15, -0.1) is 0 Å². The average Bonchev–Trinajstić information content (AvgIpc) is 2.85. The Hall–Kier alpha value is -1.11. The number of hydrogen-bond acceptors (Lipinski definition) is 4. The van der Waals surface area contributed by atoms with Gasteiger partial charge in [-0.05, 0) is 18.3 Å². The predicted molar refractivity (Wildman–Crippen MR) is 68.2 cm³/mol. The van der Waals surface area contributed by atoms with E-state index in [2.05, 4.69) is 5.32 Å². The summed E-state index contributed by atoms with van der Waals surface area (Å²) in [6.07, 6.45) is 0.831. The van der Waals surface area contributed by atoms with Crippen molar-refractivity contribution >= 4 is 21.7 Å². The molecule has 108 valence electrons. The molecule has 1 aliphatic carbocycles. The minimum atomic E-state index is -2.95. The number of carbonyl (C=O) groups excluding carboxylic acids is 1. The summed E-state index contributed by atoms with van der Waals surface area (Å²) in [6.45, 7) is 3.53. The molecule has 0 aromatic rings. The first-order chi connectivity index (χ1) is 8.65. The minimum Gasteiger partial charge on any atom is -0.481 e. The third-order valence-corrected chi connectivity index (χ3v) is 5.99. The summed E-state index contributed by atoms with van der Waals surface area (Å²) in [6, 6.07) is -0.151. The molecule has 2 unspecified atom stereocenters. The first-order valence-corrected chi connectivity index (χ1v) is 8.21. The van der Waals surface area contributed by atoms with E-state index >= 15 is 0 Å². The third kappa shape index (κ3) is 2.75. The molecule has 1 saturated heterocycles. The average molecular weight is 289 g/mol. The lowest BCUT2D eigenvalue weighted by atomic mass is 10.1. The van der Waals surface area contributed by atoms with Gasteiger partial charge in [-0.3, -0.25) is 9.59 Å². The molecular formula is C12H19NO5S. The van der Waals surface area contributed by atoms with Crippen molar-refractivity contribution in [3.63, 3.8) is 0 Å². The molecule has 1 saturated carbocycles. The number of sulfone groups is 1. The van der Waals surface area contributed by atoms with Crippen LogP contribution < -0.4 is 5.32 Å². The van der Waals surface area contributed by atoms with Crippen LogP contribution in [-0.4, -0.2) is 42.9 Å². The van der Waals surface area contributed by atoms with Gasteiger partial charge in [0.2, 0.25) is 5.91 Å².